The van der Waals surface area contributed by atoms with E-state index < -0.39 is 23.3 Å². The fourth-order valence-electron chi connectivity index (χ4n) is 11.3. The molecule has 4 saturated carbocycles. The molecular formula is C35H63NO5S. The largest absolute Gasteiger partial charge is 0.461 e. The smallest absolute Gasteiger partial charge is 0.323 e. The van der Waals surface area contributed by atoms with Crippen LogP contribution in [-0.4, -0.2) is 62.7 Å². The molecule has 0 radical (unpaired) electrons. The molecule has 0 aromatic carbocycles. The Morgan fingerprint density at radius 2 is 1.62 bits per heavy atom. The number of esters is 1. The highest BCUT2D eigenvalue weighted by atomic mass is 32.2. The normalized spacial score (nSPS) is 43.5. The van der Waals surface area contributed by atoms with Crippen LogP contribution in [0.4, 0.5) is 0 Å². The van der Waals surface area contributed by atoms with Crippen molar-refractivity contribution in [2.24, 2.45) is 51.1 Å². The number of ether oxygens (including phenoxy) is 1. The predicted octanol–water partition coefficient (Wildman–Crippen LogP) is 6.33. The van der Waals surface area contributed by atoms with Gasteiger partial charge >= 0.3 is 5.97 Å². The molecule has 5 N–H and O–H groups in total. The van der Waals surface area contributed by atoms with Gasteiger partial charge in [-0.3, -0.25) is 4.79 Å². The molecule has 0 aromatic rings. The Kier molecular flexibility index (Phi) is 9.69. The molecule has 0 aromatic heterocycles. The molecular weight excluding hydrogens is 546 g/mol. The van der Waals surface area contributed by atoms with Crippen LogP contribution in [0.2, 0.25) is 0 Å². The first kappa shape index (κ1) is 34.5. The van der Waals surface area contributed by atoms with E-state index in [-0.39, 0.29) is 45.6 Å². The number of fused-ring (bicyclic) bond motifs is 5. The highest BCUT2D eigenvalue weighted by Gasteiger charge is 2.71. The highest BCUT2D eigenvalue weighted by molar-refractivity contribution is 7.98. The van der Waals surface area contributed by atoms with Crippen molar-refractivity contribution in [1.82, 2.24) is 0 Å². The van der Waals surface area contributed by atoms with Crippen LogP contribution in [0, 0.1) is 45.3 Å². The van der Waals surface area contributed by atoms with Gasteiger partial charge in [0.1, 0.15) is 12.1 Å². The molecule has 7 heteroatoms. The summed E-state index contributed by atoms with van der Waals surface area (Å²) in [6.45, 7) is 17.6. The van der Waals surface area contributed by atoms with Crippen LogP contribution in [0.3, 0.4) is 0 Å². The maximum absolute atomic E-state index is 12.9. The van der Waals surface area contributed by atoms with E-state index in [1.807, 2.05) is 27.0 Å². The lowest BCUT2D eigenvalue weighted by Gasteiger charge is -2.70. The number of carbonyl (C=O) groups excluding carboxylic acids is 1. The van der Waals surface area contributed by atoms with Crippen molar-refractivity contribution in [1.29, 1.82) is 0 Å². The first-order valence-electron chi connectivity index (χ1n) is 16.8. The zero-order chi connectivity index (χ0) is 31.5. The van der Waals surface area contributed by atoms with Gasteiger partial charge in [-0.25, -0.2) is 0 Å². The molecule has 0 heterocycles. The second kappa shape index (κ2) is 11.8. The van der Waals surface area contributed by atoms with Gasteiger partial charge in [0.15, 0.2) is 0 Å². The molecule has 11 atom stereocenters. The molecule has 4 rings (SSSR count). The summed E-state index contributed by atoms with van der Waals surface area (Å²) < 4.78 is 6.17. The van der Waals surface area contributed by atoms with E-state index in [9.17, 15) is 20.1 Å². The molecule has 0 aliphatic heterocycles. The Balaban J connectivity index is 1.55. The third-order valence-electron chi connectivity index (χ3n) is 13.8. The third kappa shape index (κ3) is 5.85. The van der Waals surface area contributed by atoms with E-state index >= 15 is 0 Å². The number of carbonyl (C=O) groups is 1. The molecule has 6 nitrogen and oxygen atoms in total. The van der Waals surface area contributed by atoms with E-state index in [1.165, 1.54) is 0 Å². The number of aliphatic hydroxyl groups excluding tert-OH is 1. The SMILES string of the molecule is CSCC[C@H](N)C(=O)O[C@H]1CC[C@@]2(C)C(CC[C@]3(C)C2C[C@@H](O)C2C([C@](C)(O)CCCC(C)(C)O)CC[C@]23C)C1(C)C. The Hall–Kier alpha value is -0.340. The summed E-state index contributed by atoms with van der Waals surface area (Å²) in [5, 5.41) is 34.0. The molecule has 0 saturated heterocycles. The summed E-state index contributed by atoms with van der Waals surface area (Å²) in [5.41, 5.74) is 4.49. The fraction of sp³-hybridized carbons (Fsp3) is 0.971. The van der Waals surface area contributed by atoms with Crippen molar-refractivity contribution in [3.63, 3.8) is 0 Å². The van der Waals surface area contributed by atoms with Gasteiger partial charge in [0, 0.05) is 5.41 Å². The van der Waals surface area contributed by atoms with Crippen molar-refractivity contribution < 1.29 is 24.9 Å². The van der Waals surface area contributed by atoms with E-state index in [0.717, 1.165) is 57.1 Å². The molecule has 4 unspecified atom stereocenters. The Bertz CT molecular complexity index is 979. The number of nitrogens with two attached hydrogens (primary N) is 1. The van der Waals surface area contributed by atoms with Gasteiger partial charge in [0.05, 0.1) is 17.3 Å². The van der Waals surface area contributed by atoms with Crippen LogP contribution < -0.4 is 5.73 Å². The summed E-state index contributed by atoms with van der Waals surface area (Å²) in [7, 11) is 0. The number of hydrogen-bond acceptors (Lipinski definition) is 7. The van der Waals surface area contributed by atoms with Crippen molar-refractivity contribution >= 4 is 17.7 Å². The quantitative estimate of drug-likeness (QED) is 0.214. The minimum Gasteiger partial charge on any atom is -0.461 e. The lowest BCUT2D eigenvalue weighted by molar-refractivity contribution is -0.249. The molecule has 0 bridgehead atoms. The maximum Gasteiger partial charge on any atom is 0.323 e. The predicted molar refractivity (Wildman–Crippen MR) is 172 cm³/mol. The van der Waals surface area contributed by atoms with Crippen molar-refractivity contribution in [2.45, 2.75) is 155 Å². The van der Waals surface area contributed by atoms with Crippen LogP contribution >= 0.6 is 11.8 Å². The fourth-order valence-corrected chi connectivity index (χ4v) is 11.8. The summed E-state index contributed by atoms with van der Waals surface area (Å²) >= 11 is 1.70. The van der Waals surface area contributed by atoms with Crippen LogP contribution in [0.15, 0.2) is 0 Å². The molecule has 244 valence electrons. The van der Waals surface area contributed by atoms with Crippen LogP contribution in [0.5, 0.6) is 0 Å². The Morgan fingerprint density at radius 3 is 2.24 bits per heavy atom. The number of hydrogen-bond donors (Lipinski definition) is 4. The Morgan fingerprint density at radius 1 is 0.976 bits per heavy atom. The Labute approximate surface area is 260 Å². The minimum atomic E-state index is -0.862. The van der Waals surface area contributed by atoms with Crippen LogP contribution in [-0.2, 0) is 9.53 Å². The van der Waals surface area contributed by atoms with Gasteiger partial charge in [-0.15, -0.1) is 0 Å². The van der Waals surface area contributed by atoms with Crippen molar-refractivity contribution in [3.05, 3.63) is 0 Å². The van der Waals surface area contributed by atoms with E-state index in [0.29, 0.717) is 31.1 Å². The number of aliphatic hydroxyl groups is 3. The first-order chi connectivity index (χ1) is 19.2. The summed E-state index contributed by atoms with van der Waals surface area (Å²) in [5.74, 6) is 1.49. The number of rotatable bonds is 10. The monoisotopic (exact) mass is 609 g/mol. The molecule has 4 fully saturated rings. The second-order valence-electron chi connectivity index (χ2n) is 17.2. The summed E-state index contributed by atoms with van der Waals surface area (Å²) in [6.07, 6.45) is 10.9. The van der Waals surface area contributed by atoms with Crippen molar-refractivity contribution in [3.8, 4) is 0 Å². The van der Waals surface area contributed by atoms with E-state index in [2.05, 4.69) is 34.6 Å². The topological polar surface area (TPSA) is 113 Å². The standard InChI is InChI=1S/C35H63NO5S/c1-30(2,39)15-10-16-35(8,40)22-11-18-34(7)28(22)24(37)21-26-32(5)17-13-27(41-29(38)23(36)14-20-42-9)31(3,4)25(32)12-19-33(26,34)6/h22-28,37,39-40H,10-21,36H2,1-9H3/t22?,23-,24+,25?,26?,27-,28?,32-,33+,34+,35+/m0/s1. The molecule has 42 heavy (non-hydrogen) atoms. The van der Waals surface area contributed by atoms with Gasteiger partial charge in [-0.05, 0) is 143 Å². The van der Waals surface area contributed by atoms with Gasteiger partial charge in [-0.1, -0.05) is 34.6 Å². The summed E-state index contributed by atoms with van der Waals surface area (Å²) in [4.78, 5) is 12.9. The molecule has 0 spiro atoms. The van der Waals surface area contributed by atoms with Gasteiger partial charge in [0.2, 0.25) is 0 Å². The first-order valence-corrected chi connectivity index (χ1v) is 18.2. The molecule has 0 amide bonds. The van der Waals surface area contributed by atoms with E-state index in [4.69, 9.17) is 10.5 Å². The lowest BCUT2D eigenvalue weighted by atomic mass is 9.35. The maximum atomic E-state index is 12.9. The average molecular weight is 610 g/mol. The zero-order valence-corrected chi connectivity index (χ0v) is 29.0. The van der Waals surface area contributed by atoms with Gasteiger partial charge < -0.3 is 25.8 Å². The molecule has 4 aliphatic carbocycles. The van der Waals surface area contributed by atoms with E-state index in [1.54, 1.807) is 11.8 Å². The zero-order valence-electron chi connectivity index (χ0n) is 28.2. The van der Waals surface area contributed by atoms with Gasteiger partial charge in [0.25, 0.3) is 0 Å². The number of thioether (sulfide) groups is 1. The van der Waals surface area contributed by atoms with Crippen LogP contribution in [0.25, 0.3) is 0 Å². The lowest BCUT2D eigenvalue weighted by Crippen LogP contribution is -2.66. The second-order valence-corrected chi connectivity index (χ2v) is 18.1. The molecule has 4 aliphatic rings. The third-order valence-corrected chi connectivity index (χ3v) is 14.4. The van der Waals surface area contributed by atoms with Crippen LogP contribution in [0.1, 0.15) is 126 Å². The minimum absolute atomic E-state index is 0.0443. The van der Waals surface area contributed by atoms with Crippen molar-refractivity contribution in [2.75, 3.05) is 12.0 Å². The highest BCUT2D eigenvalue weighted by Crippen LogP contribution is 2.76. The average Bonchev–Trinajstić information content (AvgIpc) is 3.25. The summed E-state index contributed by atoms with van der Waals surface area (Å²) in [6, 6.07) is -0.566. The van der Waals surface area contributed by atoms with Gasteiger partial charge in [-0.2, -0.15) is 11.8 Å².